The Labute approximate surface area is 130 Å². The van der Waals surface area contributed by atoms with Crippen LogP contribution in [0.3, 0.4) is 0 Å². The molecule has 3 fully saturated rings. The first-order valence-corrected chi connectivity index (χ1v) is 9.29. The molecule has 21 heavy (non-hydrogen) atoms. The first-order chi connectivity index (χ1) is 10.2. The summed E-state index contributed by atoms with van der Waals surface area (Å²) in [7, 11) is 0. The molecule has 3 rings (SSSR count). The Morgan fingerprint density at radius 3 is 2.76 bits per heavy atom. The maximum Gasteiger partial charge on any atom is 0.0710 e. The Morgan fingerprint density at radius 1 is 1.19 bits per heavy atom. The quantitative estimate of drug-likeness (QED) is 0.862. The molecule has 0 bridgehead atoms. The maximum absolute atomic E-state index is 6.51. The molecule has 0 aromatic carbocycles. The fraction of sp³-hybridized carbons (Fsp3) is 1.00. The minimum atomic E-state index is 0.298. The van der Waals surface area contributed by atoms with Crippen molar-refractivity contribution in [1.29, 1.82) is 0 Å². The van der Waals surface area contributed by atoms with E-state index in [1.807, 2.05) is 0 Å². The normalized spacial score (nSPS) is 33.9. The van der Waals surface area contributed by atoms with Crippen molar-refractivity contribution in [1.82, 2.24) is 10.2 Å². The molecule has 0 aromatic rings. The first-order valence-electron chi connectivity index (χ1n) is 9.29. The van der Waals surface area contributed by atoms with Crippen molar-refractivity contribution in [2.24, 2.45) is 5.92 Å². The van der Waals surface area contributed by atoms with Gasteiger partial charge in [-0.25, -0.2) is 0 Å². The molecular weight excluding hydrogens is 260 g/mol. The van der Waals surface area contributed by atoms with Crippen LogP contribution in [0.4, 0.5) is 0 Å². The number of ether oxygens (including phenoxy) is 1. The van der Waals surface area contributed by atoms with E-state index in [-0.39, 0.29) is 0 Å². The summed E-state index contributed by atoms with van der Waals surface area (Å²) in [6.45, 7) is 9.47. The van der Waals surface area contributed by atoms with Gasteiger partial charge in [0.1, 0.15) is 0 Å². The van der Waals surface area contributed by atoms with Crippen molar-refractivity contribution < 1.29 is 4.74 Å². The fourth-order valence-electron chi connectivity index (χ4n) is 4.67. The third kappa shape index (κ3) is 4.20. The Hall–Kier alpha value is -0.120. The van der Waals surface area contributed by atoms with Crippen LogP contribution in [0.25, 0.3) is 0 Å². The van der Waals surface area contributed by atoms with Crippen molar-refractivity contribution in [3.05, 3.63) is 0 Å². The zero-order valence-corrected chi connectivity index (χ0v) is 14.1. The monoisotopic (exact) mass is 294 g/mol. The Kier molecular flexibility index (Phi) is 5.23. The van der Waals surface area contributed by atoms with Gasteiger partial charge >= 0.3 is 0 Å². The summed E-state index contributed by atoms with van der Waals surface area (Å²) in [5.41, 5.74) is 0.298. The van der Waals surface area contributed by atoms with Gasteiger partial charge in [-0.15, -0.1) is 0 Å². The van der Waals surface area contributed by atoms with Crippen molar-refractivity contribution in [2.45, 2.75) is 83.0 Å². The van der Waals surface area contributed by atoms with Crippen LogP contribution in [0.5, 0.6) is 0 Å². The van der Waals surface area contributed by atoms with Gasteiger partial charge < -0.3 is 10.1 Å². The molecule has 2 atom stereocenters. The highest BCUT2D eigenvalue weighted by Crippen LogP contribution is 2.43. The van der Waals surface area contributed by atoms with Gasteiger partial charge in [0.15, 0.2) is 0 Å². The van der Waals surface area contributed by atoms with Crippen molar-refractivity contribution in [3.63, 3.8) is 0 Å². The van der Waals surface area contributed by atoms with Gasteiger partial charge in [-0.2, -0.15) is 0 Å². The van der Waals surface area contributed by atoms with Crippen LogP contribution in [0.15, 0.2) is 0 Å². The molecule has 122 valence electrons. The summed E-state index contributed by atoms with van der Waals surface area (Å²) in [5.74, 6) is 0.784. The molecule has 2 unspecified atom stereocenters. The number of nitrogens with zero attached hydrogens (tertiary/aromatic N) is 1. The highest BCUT2D eigenvalue weighted by atomic mass is 16.5. The van der Waals surface area contributed by atoms with Gasteiger partial charge in [0.2, 0.25) is 0 Å². The minimum Gasteiger partial charge on any atom is -0.370 e. The molecular formula is C18H34N2O. The average Bonchev–Trinajstić information content (AvgIpc) is 2.98. The SMILES string of the molecule is CC(C)CC1CN(CC2CCC3(CCCC3)O2)CCCN1. The first kappa shape index (κ1) is 15.8. The lowest BCUT2D eigenvalue weighted by Crippen LogP contribution is -2.41. The average molecular weight is 294 g/mol. The van der Waals surface area contributed by atoms with E-state index in [1.54, 1.807) is 0 Å². The van der Waals surface area contributed by atoms with Crippen LogP contribution in [0.1, 0.15) is 65.2 Å². The standard InChI is InChI=1S/C18H34N2O/c1-15(2)12-16-13-20(11-5-10-19-16)14-17-6-9-18(21-17)7-3-4-8-18/h15-17,19H,3-14H2,1-2H3. The fourth-order valence-corrected chi connectivity index (χ4v) is 4.67. The van der Waals surface area contributed by atoms with Crippen LogP contribution in [-0.4, -0.2) is 48.8 Å². The number of hydrogen-bond donors (Lipinski definition) is 1. The molecule has 1 saturated carbocycles. The molecule has 2 saturated heterocycles. The molecule has 2 aliphatic heterocycles. The second-order valence-electron chi connectivity index (χ2n) is 8.06. The number of nitrogens with one attached hydrogen (secondary N) is 1. The van der Waals surface area contributed by atoms with Gasteiger partial charge in [-0.05, 0) is 57.5 Å². The van der Waals surface area contributed by atoms with Gasteiger partial charge in [0, 0.05) is 19.1 Å². The van der Waals surface area contributed by atoms with E-state index in [9.17, 15) is 0 Å². The largest absolute Gasteiger partial charge is 0.370 e. The summed E-state index contributed by atoms with van der Waals surface area (Å²) in [5, 5.41) is 3.73. The lowest BCUT2D eigenvalue weighted by atomic mass is 9.98. The summed E-state index contributed by atoms with van der Waals surface area (Å²) in [6, 6.07) is 0.675. The van der Waals surface area contributed by atoms with Gasteiger partial charge in [-0.1, -0.05) is 26.7 Å². The van der Waals surface area contributed by atoms with E-state index in [1.165, 1.54) is 71.0 Å². The number of hydrogen-bond acceptors (Lipinski definition) is 3. The smallest absolute Gasteiger partial charge is 0.0710 e. The highest BCUT2D eigenvalue weighted by molar-refractivity contribution is 4.94. The van der Waals surface area contributed by atoms with Gasteiger partial charge in [-0.3, -0.25) is 4.90 Å². The summed E-state index contributed by atoms with van der Waals surface area (Å²) in [4.78, 5) is 2.67. The van der Waals surface area contributed by atoms with E-state index < -0.39 is 0 Å². The van der Waals surface area contributed by atoms with E-state index in [0.29, 0.717) is 17.7 Å². The van der Waals surface area contributed by atoms with E-state index in [2.05, 4.69) is 24.1 Å². The molecule has 3 aliphatic rings. The van der Waals surface area contributed by atoms with Crippen LogP contribution in [0.2, 0.25) is 0 Å². The summed E-state index contributed by atoms with van der Waals surface area (Å²) < 4.78 is 6.51. The van der Waals surface area contributed by atoms with Crippen molar-refractivity contribution >= 4 is 0 Å². The third-order valence-corrected chi connectivity index (χ3v) is 5.63. The Morgan fingerprint density at radius 2 is 2.00 bits per heavy atom. The van der Waals surface area contributed by atoms with Crippen LogP contribution in [0, 0.1) is 5.92 Å². The minimum absolute atomic E-state index is 0.298. The molecule has 3 heteroatoms. The zero-order chi connectivity index (χ0) is 14.7. The molecule has 0 radical (unpaired) electrons. The summed E-state index contributed by atoms with van der Waals surface area (Å²) in [6.07, 6.45) is 11.1. The number of rotatable bonds is 4. The van der Waals surface area contributed by atoms with Crippen molar-refractivity contribution in [3.8, 4) is 0 Å². The van der Waals surface area contributed by atoms with Crippen LogP contribution < -0.4 is 5.32 Å². The lowest BCUT2D eigenvalue weighted by Gasteiger charge is -2.29. The van der Waals surface area contributed by atoms with E-state index in [0.717, 1.165) is 12.5 Å². The molecule has 0 aromatic heterocycles. The predicted molar refractivity (Wildman–Crippen MR) is 87.6 cm³/mol. The zero-order valence-electron chi connectivity index (χ0n) is 14.1. The Balaban J connectivity index is 1.49. The van der Waals surface area contributed by atoms with E-state index in [4.69, 9.17) is 4.74 Å². The summed E-state index contributed by atoms with van der Waals surface area (Å²) >= 11 is 0. The second kappa shape index (κ2) is 6.97. The predicted octanol–water partition coefficient (Wildman–Crippen LogP) is 3.19. The van der Waals surface area contributed by atoms with E-state index >= 15 is 0 Å². The molecule has 0 amide bonds. The topological polar surface area (TPSA) is 24.5 Å². The maximum atomic E-state index is 6.51. The molecule has 1 spiro atoms. The van der Waals surface area contributed by atoms with Crippen LogP contribution in [-0.2, 0) is 4.74 Å². The van der Waals surface area contributed by atoms with Gasteiger partial charge in [0.05, 0.1) is 11.7 Å². The third-order valence-electron chi connectivity index (χ3n) is 5.63. The van der Waals surface area contributed by atoms with Crippen molar-refractivity contribution in [2.75, 3.05) is 26.2 Å². The van der Waals surface area contributed by atoms with Gasteiger partial charge in [0.25, 0.3) is 0 Å². The molecule has 1 aliphatic carbocycles. The molecule has 2 heterocycles. The lowest BCUT2D eigenvalue weighted by molar-refractivity contribution is -0.0474. The Bertz CT molecular complexity index is 325. The van der Waals surface area contributed by atoms with Crippen LogP contribution >= 0.6 is 0 Å². The molecule has 1 N–H and O–H groups in total. The molecule has 3 nitrogen and oxygen atoms in total. The second-order valence-corrected chi connectivity index (χ2v) is 8.06. The highest BCUT2D eigenvalue weighted by Gasteiger charge is 2.42.